The first-order chi connectivity index (χ1) is 17.0. The SMILES string of the molecule is CCc1ccccc1N=C1S/C(=C/c2cccc(OC)c2OCC(C)C)C(=O)N1C1CCCCC1. The molecule has 0 atom stereocenters. The quantitative estimate of drug-likeness (QED) is 0.365. The van der Waals surface area contributed by atoms with E-state index in [0.717, 1.165) is 48.5 Å². The van der Waals surface area contributed by atoms with Gasteiger partial charge in [-0.3, -0.25) is 9.69 Å². The molecule has 6 heteroatoms. The minimum atomic E-state index is 0.0345. The van der Waals surface area contributed by atoms with Crippen molar-refractivity contribution in [3.8, 4) is 11.5 Å². The molecular weight excluding hydrogens is 456 g/mol. The Labute approximate surface area is 213 Å². The second-order valence-electron chi connectivity index (χ2n) is 9.54. The zero-order valence-corrected chi connectivity index (χ0v) is 22.1. The lowest BCUT2D eigenvalue weighted by Gasteiger charge is -2.30. The number of benzene rings is 2. The summed E-state index contributed by atoms with van der Waals surface area (Å²) in [7, 11) is 1.64. The topological polar surface area (TPSA) is 51.1 Å². The first-order valence-corrected chi connectivity index (χ1v) is 13.5. The molecule has 1 amide bonds. The highest BCUT2D eigenvalue weighted by Crippen LogP contribution is 2.41. The van der Waals surface area contributed by atoms with Crippen LogP contribution >= 0.6 is 11.8 Å². The molecule has 0 spiro atoms. The van der Waals surface area contributed by atoms with Crippen LogP contribution in [0.15, 0.2) is 52.4 Å². The van der Waals surface area contributed by atoms with Gasteiger partial charge in [0.15, 0.2) is 16.7 Å². The summed E-state index contributed by atoms with van der Waals surface area (Å²) < 4.78 is 11.7. The number of thioether (sulfide) groups is 1. The molecule has 0 radical (unpaired) electrons. The van der Waals surface area contributed by atoms with Crippen molar-refractivity contribution in [2.75, 3.05) is 13.7 Å². The molecule has 35 heavy (non-hydrogen) atoms. The predicted molar refractivity (Wildman–Crippen MR) is 146 cm³/mol. The van der Waals surface area contributed by atoms with Gasteiger partial charge in [0, 0.05) is 11.6 Å². The van der Waals surface area contributed by atoms with Gasteiger partial charge in [-0.05, 0) is 60.7 Å². The van der Waals surface area contributed by atoms with Crippen molar-refractivity contribution in [1.82, 2.24) is 4.90 Å². The van der Waals surface area contributed by atoms with E-state index in [-0.39, 0.29) is 11.9 Å². The maximum absolute atomic E-state index is 13.8. The molecule has 0 N–H and O–H groups in total. The van der Waals surface area contributed by atoms with Gasteiger partial charge in [-0.25, -0.2) is 4.99 Å². The van der Waals surface area contributed by atoms with E-state index in [9.17, 15) is 4.79 Å². The number of nitrogens with zero attached hydrogens (tertiary/aromatic N) is 2. The van der Waals surface area contributed by atoms with Crippen LogP contribution in [-0.4, -0.2) is 35.7 Å². The van der Waals surface area contributed by atoms with Crippen LogP contribution in [-0.2, 0) is 11.2 Å². The number of carbonyl (C=O) groups is 1. The molecule has 2 aromatic carbocycles. The van der Waals surface area contributed by atoms with Gasteiger partial charge < -0.3 is 9.47 Å². The molecule has 0 aromatic heterocycles. The molecule has 4 rings (SSSR count). The highest BCUT2D eigenvalue weighted by Gasteiger charge is 2.39. The highest BCUT2D eigenvalue weighted by atomic mass is 32.2. The third-order valence-electron chi connectivity index (χ3n) is 6.44. The second kappa shape index (κ2) is 11.8. The van der Waals surface area contributed by atoms with Crippen molar-refractivity contribution in [3.63, 3.8) is 0 Å². The second-order valence-corrected chi connectivity index (χ2v) is 10.5. The van der Waals surface area contributed by atoms with Gasteiger partial charge in [-0.1, -0.05) is 70.4 Å². The average molecular weight is 493 g/mol. The fourth-order valence-corrected chi connectivity index (χ4v) is 5.64. The number of rotatable bonds is 8. The number of ether oxygens (including phenoxy) is 2. The lowest BCUT2D eigenvalue weighted by Crippen LogP contribution is -2.40. The average Bonchev–Trinajstić information content (AvgIpc) is 3.17. The molecule has 1 heterocycles. The van der Waals surface area contributed by atoms with E-state index in [4.69, 9.17) is 14.5 Å². The van der Waals surface area contributed by atoms with Crippen molar-refractivity contribution in [2.45, 2.75) is 65.3 Å². The van der Waals surface area contributed by atoms with E-state index in [1.165, 1.54) is 23.7 Å². The van der Waals surface area contributed by atoms with Gasteiger partial charge in [0.1, 0.15) is 0 Å². The number of hydrogen-bond acceptors (Lipinski definition) is 5. The van der Waals surface area contributed by atoms with E-state index < -0.39 is 0 Å². The minimum Gasteiger partial charge on any atom is -0.493 e. The van der Waals surface area contributed by atoms with Crippen molar-refractivity contribution in [1.29, 1.82) is 0 Å². The Balaban J connectivity index is 1.74. The summed E-state index contributed by atoms with van der Waals surface area (Å²) in [6.07, 6.45) is 8.43. The Hall–Kier alpha value is -2.73. The summed E-state index contributed by atoms with van der Waals surface area (Å²) >= 11 is 1.47. The number of aliphatic imine (C=N–C) groups is 1. The molecule has 5 nitrogen and oxygen atoms in total. The first kappa shape index (κ1) is 25.4. The van der Waals surface area contributed by atoms with Crippen LogP contribution in [0.3, 0.4) is 0 Å². The molecule has 2 fully saturated rings. The van der Waals surface area contributed by atoms with Gasteiger partial charge in [-0.2, -0.15) is 0 Å². The van der Waals surface area contributed by atoms with Crippen LogP contribution in [0, 0.1) is 5.92 Å². The van der Waals surface area contributed by atoms with Gasteiger partial charge in [-0.15, -0.1) is 0 Å². The molecule has 2 aromatic rings. The maximum atomic E-state index is 13.8. The Kier molecular flexibility index (Phi) is 8.55. The first-order valence-electron chi connectivity index (χ1n) is 12.7. The van der Waals surface area contributed by atoms with Crippen molar-refractivity contribution in [3.05, 3.63) is 58.5 Å². The van der Waals surface area contributed by atoms with Crippen LogP contribution in [0.25, 0.3) is 6.08 Å². The number of para-hydroxylation sites is 2. The Morgan fingerprint density at radius 1 is 1.11 bits per heavy atom. The summed E-state index contributed by atoms with van der Waals surface area (Å²) in [5.41, 5.74) is 2.97. The van der Waals surface area contributed by atoms with E-state index in [2.05, 4.69) is 26.8 Å². The fraction of sp³-hybridized carbons (Fsp3) is 0.448. The molecular formula is C29H36N2O3S. The summed E-state index contributed by atoms with van der Waals surface area (Å²) in [5, 5.41) is 0.779. The number of aryl methyl sites for hydroxylation is 1. The highest BCUT2D eigenvalue weighted by molar-refractivity contribution is 8.18. The van der Waals surface area contributed by atoms with E-state index in [0.29, 0.717) is 28.9 Å². The van der Waals surface area contributed by atoms with Crippen LogP contribution in [0.5, 0.6) is 11.5 Å². The van der Waals surface area contributed by atoms with E-state index >= 15 is 0 Å². The van der Waals surface area contributed by atoms with Crippen molar-refractivity contribution in [2.24, 2.45) is 10.9 Å². The van der Waals surface area contributed by atoms with Crippen LogP contribution < -0.4 is 9.47 Å². The number of hydrogen-bond donors (Lipinski definition) is 0. The van der Waals surface area contributed by atoms with E-state index in [1.807, 2.05) is 47.4 Å². The lowest BCUT2D eigenvalue weighted by atomic mass is 9.94. The Morgan fingerprint density at radius 2 is 1.89 bits per heavy atom. The number of methoxy groups -OCH3 is 1. The summed E-state index contributed by atoms with van der Waals surface area (Å²) in [6, 6.07) is 14.2. The summed E-state index contributed by atoms with van der Waals surface area (Å²) in [6.45, 7) is 6.94. The van der Waals surface area contributed by atoms with Gasteiger partial charge in [0.05, 0.1) is 24.3 Å². The summed E-state index contributed by atoms with van der Waals surface area (Å²) in [4.78, 5) is 21.4. The molecule has 0 bridgehead atoms. The molecule has 0 unspecified atom stereocenters. The maximum Gasteiger partial charge on any atom is 0.267 e. The third kappa shape index (κ3) is 5.92. The third-order valence-corrected chi connectivity index (χ3v) is 7.43. The number of carbonyl (C=O) groups excluding carboxylic acids is 1. The van der Waals surface area contributed by atoms with Crippen molar-refractivity contribution >= 4 is 34.6 Å². The smallest absolute Gasteiger partial charge is 0.267 e. The van der Waals surface area contributed by atoms with Gasteiger partial charge in [0.25, 0.3) is 5.91 Å². The Morgan fingerprint density at radius 3 is 2.60 bits per heavy atom. The normalized spacial score (nSPS) is 19.2. The molecule has 1 saturated heterocycles. The van der Waals surface area contributed by atoms with Crippen LogP contribution in [0.4, 0.5) is 5.69 Å². The van der Waals surface area contributed by atoms with Gasteiger partial charge >= 0.3 is 0 Å². The molecule has 1 saturated carbocycles. The predicted octanol–water partition coefficient (Wildman–Crippen LogP) is 7.23. The minimum absolute atomic E-state index is 0.0345. The van der Waals surface area contributed by atoms with E-state index in [1.54, 1.807) is 7.11 Å². The van der Waals surface area contributed by atoms with Crippen LogP contribution in [0.2, 0.25) is 0 Å². The monoisotopic (exact) mass is 492 g/mol. The molecule has 186 valence electrons. The number of amides is 1. The standard InChI is InChI=1S/C29H36N2O3S/c1-5-21-12-9-10-16-24(21)30-29-31(23-14-7-6-8-15-23)28(32)26(35-29)18-22-13-11-17-25(33-4)27(22)34-19-20(2)3/h9-13,16-18,20,23H,5-8,14-15,19H2,1-4H3/b26-18+,30-29?. The lowest BCUT2D eigenvalue weighted by molar-refractivity contribution is -0.124. The molecule has 1 aliphatic carbocycles. The summed E-state index contributed by atoms with van der Waals surface area (Å²) in [5.74, 6) is 1.76. The number of amidine groups is 1. The molecule has 2 aliphatic rings. The molecule has 1 aliphatic heterocycles. The zero-order chi connectivity index (χ0) is 24.8. The van der Waals surface area contributed by atoms with Crippen LogP contribution in [0.1, 0.15) is 64.0 Å². The largest absolute Gasteiger partial charge is 0.493 e. The fourth-order valence-electron chi connectivity index (χ4n) is 4.60. The van der Waals surface area contributed by atoms with Gasteiger partial charge in [0.2, 0.25) is 0 Å². The zero-order valence-electron chi connectivity index (χ0n) is 21.3. The van der Waals surface area contributed by atoms with Crippen molar-refractivity contribution < 1.29 is 14.3 Å². The Bertz CT molecular complexity index is 1100.